The van der Waals surface area contributed by atoms with Gasteiger partial charge in [-0.1, -0.05) is 36.4 Å². The second-order valence-corrected chi connectivity index (χ2v) is 7.28. The van der Waals surface area contributed by atoms with Crippen LogP contribution in [0.25, 0.3) is 11.3 Å². The summed E-state index contributed by atoms with van der Waals surface area (Å²) in [7, 11) is 0. The number of nitrogens with one attached hydrogen (secondary N) is 2. The van der Waals surface area contributed by atoms with Gasteiger partial charge < -0.3 is 5.32 Å². The molecule has 0 bridgehead atoms. The molecular formula is C22H23FN4O. The molecule has 6 heteroatoms. The summed E-state index contributed by atoms with van der Waals surface area (Å²) in [5.41, 5.74) is 3.89. The maximum Gasteiger partial charge on any atom is 0.269 e. The van der Waals surface area contributed by atoms with E-state index in [0.29, 0.717) is 17.0 Å². The number of hydrogen-bond donors (Lipinski definition) is 2. The molecule has 1 aromatic heterocycles. The SMILES string of the molecule is C[C@H](CN1CCc2ccccc2C1)NC(=O)c1cc(-c2ccccc2F)n[nH]1. The van der Waals surface area contributed by atoms with Gasteiger partial charge in [-0.25, -0.2) is 4.39 Å². The number of H-pyrrole nitrogens is 1. The summed E-state index contributed by atoms with van der Waals surface area (Å²) in [5, 5.41) is 9.79. The molecule has 1 aliphatic rings. The lowest BCUT2D eigenvalue weighted by molar-refractivity contribution is 0.0922. The maximum atomic E-state index is 13.9. The normalized spacial score (nSPS) is 15.1. The van der Waals surface area contributed by atoms with Gasteiger partial charge in [0.15, 0.2) is 0 Å². The summed E-state index contributed by atoms with van der Waals surface area (Å²) >= 11 is 0. The van der Waals surface area contributed by atoms with Crippen LogP contribution < -0.4 is 5.32 Å². The summed E-state index contributed by atoms with van der Waals surface area (Å²) in [6.07, 6.45) is 1.03. The molecule has 28 heavy (non-hydrogen) atoms. The minimum atomic E-state index is -0.361. The Hall–Kier alpha value is -2.99. The minimum Gasteiger partial charge on any atom is -0.347 e. The van der Waals surface area contributed by atoms with Crippen molar-refractivity contribution in [2.75, 3.05) is 13.1 Å². The molecule has 5 nitrogen and oxygen atoms in total. The molecule has 1 amide bonds. The molecule has 0 unspecified atom stereocenters. The van der Waals surface area contributed by atoms with Crippen molar-refractivity contribution in [1.29, 1.82) is 0 Å². The van der Waals surface area contributed by atoms with Gasteiger partial charge in [0.1, 0.15) is 11.5 Å². The summed E-state index contributed by atoms with van der Waals surface area (Å²) in [5.74, 6) is -0.597. The average Bonchev–Trinajstić information content (AvgIpc) is 3.18. The van der Waals surface area contributed by atoms with Crippen LogP contribution in [-0.2, 0) is 13.0 Å². The highest BCUT2D eigenvalue weighted by Gasteiger charge is 2.20. The maximum absolute atomic E-state index is 13.9. The fourth-order valence-corrected chi connectivity index (χ4v) is 3.69. The number of aromatic nitrogens is 2. The quantitative estimate of drug-likeness (QED) is 0.715. The largest absolute Gasteiger partial charge is 0.347 e. The monoisotopic (exact) mass is 378 g/mol. The lowest BCUT2D eigenvalue weighted by Crippen LogP contribution is -2.43. The van der Waals surface area contributed by atoms with Crippen molar-refractivity contribution in [3.8, 4) is 11.3 Å². The van der Waals surface area contributed by atoms with Gasteiger partial charge in [-0.15, -0.1) is 0 Å². The number of halogens is 1. The molecule has 0 aliphatic carbocycles. The molecule has 4 rings (SSSR count). The van der Waals surface area contributed by atoms with Crippen molar-refractivity contribution in [2.24, 2.45) is 0 Å². The fraction of sp³-hybridized carbons (Fsp3) is 0.273. The molecule has 1 atom stereocenters. The van der Waals surface area contributed by atoms with Crippen molar-refractivity contribution in [1.82, 2.24) is 20.4 Å². The molecule has 3 aromatic rings. The average molecular weight is 378 g/mol. The molecule has 0 saturated heterocycles. The lowest BCUT2D eigenvalue weighted by atomic mass is 10.00. The first-order chi connectivity index (χ1) is 13.6. The fourth-order valence-electron chi connectivity index (χ4n) is 3.69. The molecule has 2 heterocycles. The highest BCUT2D eigenvalue weighted by molar-refractivity contribution is 5.93. The first kappa shape index (κ1) is 18.4. The number of fused-ring (bicyclic) bond motifs is 1. The number of hydrogen-bond acceptors (Lipinski definition) is 3. The van der Waals surface area contributed by atoms with E-state index in [4.69, 9.17) is 0 Å². The van der Waals surface area contributed by atoms with E-state index in [2.05, 4.69) is 44.7 Å². The van der Waals surface area contributed by atoms with E-state index in [1.54, 1.807) is 24.3 Å². The molecular weight excluding hydrogens is 355 g/mol. The van der Waals surface area contributed by atoms with Gasteiger partial charge in [0.2, 0.25) is 0 Å². The summed E-state index contributed by atoms with van der Waals surface area (Å²) in [4.78, 5) is 14.9. The highest BCUT2D eigenvalue weighted by Crippen LogP contribution is 2.21. The lowest BCUT2D eigenvalue weighted by Gasteiger charge is -2.31. The third kappa shape index (κ3) is 3.97. The molecule has 144 valence electrons. The Morgan fingerprint density at radius 3 is 2.79 bits per heavy atom. The predicted molar refractivity (Wildman–Crippen MR) is 106 cm³/mol. The Bertz CT molecular complexity index is 984. The van der Waals surface area contributed by atoms with Crippen LogP contribution in [0, 0.1) is 5.82 Å². The smallest absolute Gasteiger partial charge is 0.269 e. The van der Waals surface area contributed by atoms with Gasteiger partial charge >= 0.3 is 0 Å². The Labute approximate surface area is 163 Å². The van der Waals surface area contributed by atoms with Crippen molar-refractivity contribution in [3.05, 3.63) is 77.2 Å². The number of nitrogens with zero attached hydrogens (tertiary/aromatic N) is 2. The van der Waals surface area contributed by atoms with Crippen LogP contribution in [0.5, 0.6) is 0 Å². The van der Waals surface area contributed by atoms with E-state index >= 15 is 0 Å². The Morgan fingerprint density at radius 1 is 1.21 bits per heavy atom. The van der Waals surface area contributed by atoms with E-state index in [0.717, 1.165) is 26.1 Å². The second-order valence-electron chi connectivity index (χ2n) is 7.28. The van der Waals surface area contributed by atoms with Crippen molar-refractivity contribution in [2.45, 2.75) is 25.9 Å². The molecule has 0 fully saturated rings. The number of benzene rings is 2. The number of aromatic amines is 1. The molecule has 1 aliphatic heterocycles. The third-order valence-corrected chi connectivity index (χ3v) is 5.09. The second kappa shape index (κ2) is 7.94. The zero-order valence-electron chi connectivity index (χ0n) is 15.8. The van der Waals surface area contributed by atoms with Gasteiger partial charge in [-0.2, -0.15) is 5.10 Å². The van der Waals surface area contributed by atoms with Crippen molar-refractivity contribution >= 4 is 5.91 Å². The van der Waals surface area contributed by atoms with Crippen LogP contribution in [-0.4, -0.2) is 40.1 Å². The zero-order valence-corrected chi connectivity index (χ0v) is 15.8. The number of carbonyl (C=O) groups excluding carboxylic acids is 1. The standard InChI is InChI=1S/C22H23FN4O/c1-15(13-27-11-10-16-6-2-3-7-17(16)14-27)24-22(28)21-12-20(25-26-21)18-8-4-5-9-19(18)23/h2-9,12,15H,10-11,13-14H2,1H3,(H,24,28)(H,25,26)/t15-/m1/s1. The van der Waals surface area contributed by atoms with Crippen LogP contribution in [0.15, 0.2) is 54.6 Å². The van der Waals surface area contributed by atoms with E-state index in [1.807, 2.05) is 6.92 Å². The first-order valence-corrected chi connectivity index (χ1v) is 9.50. The van der Waals surface area contributed by atoms with Crippen LogP contribution in [0.4, 0.5) is 4.39 Å². The first-order valence-electron chi connectivity index (χ1n) is 9.50. The third-order valence-electron chi connectivity index (χ3n) is 5.09. The summed E-state index contributed by atoms with van der Waals surface area (Å²) < 4.78 is 13.9. The van der Waals surface area contributed by atoms with E-state index in [9.17, 15) is 9.18 Å². The van der Waals surface area contributed by atoms with Gasteiger partial charge in [0.05, 0.1) is 5.69 Å². The Morgan fingerprint density at radius 2 is 1.96 bits per heavy atom. The van der Waals surface area contributed by atoms with Gasteiger partial charge in [0.25, 0.3) is 5.91 Å². The molecule has 0 saturated carbocycles. The van der Waals surface area contributed by atoms with Crippen molar-refractivity contribution < 1.29 is 9.18 Å². The van der Waals surface area contributed by atoms with Gasteiger partial charge in [-0.05, 0) is 42.7 Å². The molecule has 2 aromatic carbocycles. The topological polar surface area (TPSA) is 61.0 Å². The van der Waals surface area contributed by atoms with Crippen molar-refractivity contribution in [3.63, 3.8) is 0 Å². The van der Waals surface area contributed by atoms with Crippen LogP contribution in [0.1, 0.15) is 28.5 Å². The van der Waals surface area contributed by atoms with Gasteiger partial charge in [0, 0.05) is 31.2 Å². The zero-order chi connectivity index (χ0) is 19.5. The summed E-state index contributed by atoms with van der Waals surface area (Å²) in [6.45, 7) is 4.65. The Kier molecular flexibility index (Phi) is 5.21. The number of amides is 1. The van der Waals surface area contributed by atoms with E-state index < -0.39 is 0 Å². The van der Waals surface area contributed by atoms with Crippen LogP contribution in [0.3, 0.4) is 0 Å². The van der Waals surface area contributed by atoms with E-state index in [-0.39, 0.29) is 17.8 Å². The van der Waals surface area contributed by atoms with Crippen LogP contribution >= 0.6 is 0 Å². The molecule has 0 spiro atoms. The molecule has 0 radical (unpaired) electrons. The minimum absolute atomic E-state index is 0.0158. The van der Waals surface area contributed by atoms with E-state index in [1.165, 1.54) is 17.2 Å². The Balaban J connectivity index is 1.36. The highest BCUT2D eigenvalue weighted by atomic mass is 19.1. The summed E-state index contributed by atoms with van der Waals surface area (Å²) in [6, 6.07) is 16.5. The number of carbonyl (C=O) groups is 1. The molecule has 2 N–H and O–H groups in total. The predicted octanol–water partition coefficient (Wildman–Crippen LogP) is 3.39. The van der Waals surface area contributed by atoms with Gasteiger partial charge in [-0.3, -0.25) is 14.8 Å². The van der Waals surface area contributed by atoms with Crippen LogP contribution in [0.2, 0.25) is 0 Å². The number of rotatable bonds is 5.